The van der Waals surface area contributed by atoms with Crippen molar-refractivity contribution in [1.82, 2.24) is 19.7 Å². The first-order chi connectivity index (χ1) is 14.6. The molecule has 5 rings (SSSR count). The fraction of sp³-hybridized carbons (Fsp3) is 0.348. The molecule has 1 aliphatic rings. The van der Waals surface area contributed by atoms with E-state index in [1.807, 2.05) is 30.7 Å². The van der Waals surface area contributed by atoms with Crippen LogP contribution in [0.4, 0.5) is 0 Å². The standard InChI is InChI=1S/C23H24N4O3/c1-13-10-14(2)25-23(29-3)20(13)15-4-5-17-19(11-15)26-22(28)18-12-24-27(21(17)18)16-6-8-30-9-7-16/h4-5,10-12,16H,6-9H2,1-3H3,(H,26,28). The highest BCUT2D eigenvalue weighted by atomic mass is 16.5. The van der Waals surface area contributed by atoms with Gasteiger partial charge in [0.2, 0.25) is 5.88 Å². The minimum atomic E-state index is -0.126. The van der Waals surface area contributed by atoms with Crippen molar-refractivity contribution < 1.29 is 9.47 Å². The molecule has 7 heteroatoms. The summed E-state index contributed by atoms with van der Waals surface area (Å²) in [6, 6.07) is 8.39. The molecule has 0 spiro atoms. The van der Waals surface area contributed by atoms with E-state index < -0.39 is 0 Å². The molecule has 154 valence electrons. The molecule has 0 saturated carbocycles. The van der Waals surface area contributed by atoms with Gasteiger partial charge in [-0.2, -0.15) is 5.10 Å². The minimum Gasteiger partial charge on any atom is -0.481 e. The Morgan fingerprint density at radius 2 is 1.97 bits per heavy atom. The first-order valence-corrected chi connectivity index (χ1v) is 10.2. The van der Waals surface area contributed by atoms with E-state index in [0.717, 1.165) is 64.9 Å². The van der Waals surface area contributed by atoms with Crippen LogP contribution >= 0.6 is 0 Å². The van der Waals surface area contributed by atoms with E-state index in [1.165, 1.54) is 0 Å². The molecule has 3 aromatic heterocycles. The maximum Gasteiger partial charge on any atom is 0.259 e. The number of H-pyrrole nitrogens is 1. The van der Waals surface area contributed by atoms with Crippen LogP contribution < -0.4 is 10.3 Å². The first kappa shape index (κ1) is 18.8. The normalized spacial score (nSPS) is 15.2. The Morgan fingerprint density at radius 3 is 2.73 bits per heavy atom. The number of rotatable bonds is 3. The highest BCUT2D eigenvalue weighted by Gasteiger charge is 2.21. The SMILES string of the molecule is COc1nc(C)cc(C)c1-c1ccc2c(c1)[nH]c(=O)c1cnn(C3CCOCC3)c12. The molecule has 30 heavy (non-hydrogen) atoms. The van der Waals surface area contributed by atoms with Crippen LogP contribution in [0.5, 0.6) is 5.88 Å². The zero-order valence-electron chi connectivity index (χ0n) is 17.4. The molecule has 4 heterocycles. The first-order valence-electron chi connectivity index (χ1n) is 10.2. The average Bonchev–Trinajstić information content (AvgIpc) is 3.19. The van der Waals surface area contributed by atoms with Crippen molar-refractivity contribution in [2.24, 2.45) is 0 Å². The van der Waals surface area contributed by atoms with Gasteiger partial charge in [0.05, 0.1) is 35.8 Å². The van der Waals surface area contributed by atoms with Gasteiger partial charge in [0.1, 0.15) is 0 Å². The summed E-state index contributed by atoms with van der Waals surface area (Å²) >= 11 is 0. The molecule has 1 saturated heterocycles. The molecule has 0 radical (unpaired) electrons. The summed E-state index contributed by atoms with van der Waals surface area (Å²) in [6.45, 7) is 5.43. The van der Waals surface area contributed by atoms with E-state index in [9.17, 15) is 4.79 Å². The summed E-state index contributed by atoms with van der Waals surface area (Å²) in [4.78, 5) is 20.4. The third kappa shape index (κ3) is 2.97. The summed E-state index contributed by atoms with van der Waals surface area (Å²) in [6.07, 6.45) is 3.47. The molecule has 7 nitrogen and oxygen atoms in total. The van der Waals surface area contributed by atoms with Crippen LogP contribution in [-0.2, 0) is 4.74 Å². The van der Waals surface area contributed by atoms with Crippen molar-refractivity contribution in [3.63, 3.8) is 0 Å². The lowest BCUT2D eigenvalue weighted by atomic mass is 9.99. The molecular formula is C23H24N4O3. The molecule has 0 atom stereocenters. The lowest BCUT2D eigenvalue weighted by Crippen LogP contribution is -2.20. The van der Waals surface area contributed by atoms with Crippen LogP contribution in [0.1, 0.15) is 30.1 Å². The van der Waals surface area contributed by atoms with E-state index >= 15 is 0 Å². The van der Waals surface area contributed by atoms with E-state index in [2.05, 4.69) is 27.2 Å². The van der Waals surface area contributed by atoms with Gasteiger partial charge in [-0.15, -0.1) is 0 Å². The minimum absolute atomic E-state index is 0.126. The summed E-state index contributed by atoms with van der Waals surface area (Å²) in [5, 5.41) is 6.17. The lowest BCUT2D eigenvalue weighted by Gasteiger charge is -2.23. The number of nitrogens with zero attached hydrogens (tertiary/aromatic N) is 3. The van der Waals surface area contributed by atoms with Crippen LogP contribution in [0.3, 0.4) is 0 Å². The predicted molar refractivity (Wildman–Crippen MR) is 116 cm³/mol. The van der Waals surface area contributed by atoms with Gasteiger partial charge in [-0.05, 0) is 49.9 Å². The molecule has 0 aliphatic carbocycles. The van der Waals surface area contributed by atoms with Crippen molar-refractivity contribution >= 4 is 21.8 Å². The van der Waals surface area contributed by atoms with Crippen LogP contribution in [0.2, 0.25) is 0 Å². The van der Waals surface area contributed by atoms with Crippen molar-refractivity contribution in [3.05, 3.63) is 52.1 Å². The van der Waals surface area contributed by atoms with E-state index in [-0.39, 0.29) is 11.6 Å². The van der Waals surface area contributed by atoms with Crippen LogP contribution in [-0.4, -0.2) is 40.1 Å². The molecule has 1 N–H and O–H groups in total. The average molecular weight is 404 g/mol. The highest BCUT2D eigenvalue weighted by molar-refractivity contribution is 6.04. The molecular weight excluding hydrogens is 380 g/mol. The van der Waals surface area contributed by atoms with Gasteiger partial charge in [-0.3, -0.25) is 9.48 Å². The number of hydrogen-bond donors (Lipinski definition) is 1. The van der Waals surface area contributed by atoms with E-state index in [4.69, 9.17) is 9.47 Å². The molecule has 1 aliphatic heterocycles. The number of nitrogens with one attached hydrogen (secondary N) is 1. The monoisotopic (exact) mass is 404 g/mol. The van der Waals surface area contributed by atoms with Gasteiger partial charge in [0, 0.05) is 29.9 Å². The van der Waals surface area contributed by atoms with Crippen molar-refractivity contribution in [2.75, 3.05) is 20.3 Å². The predicted octanol–water partition coefficient (Wildman–Crippen LogP) is 3.92. The Morgan fingerprint density at radius 1 is 1.17 bits per heavy atom. The number of ether oxygens (including phenoxy) is 2. The Kier molecular flexibility index (Phi) is 4.55. The molecule has 1 fully saturated rings. The maximum atomic E-state index is 12.8. The van der Waals surface area contributed by atoms with Crippen molar-refractivity contribution in [3.8, 4) is 17.0 Å². The van der Waals surface area contributed by atoms with E-state index in [0.29, 0.717) is 11.3 Å². The van der Waals surface area contributed by atoms with Gasteiger partial charge in [0.15, 0.2) is 0 Å². The number of aromatic amines is 1. The Labute approximate surface area is 173 Å². The second-order valence-corrected chi connectivity index (χ2v) is 7.87. The number of methoxy groups -OCH3 is 1. The maximum absolute atomic E-state index is 12.8. The molecule has 4 aromatic rings. The lowest BCUT2D eigenvalue weighted by molar-refractivity contribution is 0.0675. The number of aryl methyl sites for hydroxylation is 2. The second kappa shape index (κ2) is 7.25. The topological polar surface area (TPSA) is 82.0 Å². The number of pyridine rings is 2. The smallest absolute Gasteiger partial charge is 0.259 e. The van der Waals surface area contributed by atoms with Crippen LogP contribution in [0.25, 0.3) is 32.9 Å². The fourth-order valence-electron chi connectivity index (χ4n) is 4.50. The number of aromatic nitrogens is 4. The molecule has 0 unspecified atom stereocenters. The fourth-order valence-corrected chi connectivity index (χ4v) is 4.50. The summed E-state index contributed by atoms with van der Waals surface area (Å²) < 4.78 is 13.1. The highest BCUT2D eigenvalue weighted by Crippen LogP contribution is 2.35. The van der Waals surface area contributed by atoms with Crippen molar-refractivity contribution in [1.29, 1.82) is 0 Å². The van der Waals surface area contributed by atoms with E-state index in [1.54, 1.807) is 13.3 Å². The molecule has 0 amide bonds. The van der Waals surface area contributed by atoms with Crippen LogP contribution in [0.15, 0.2) is 35.3 Å². The summed E-state index contributed by atoms with van der Waals surface area (Å²) in [7, 11) is 1.63. The Hall–Kier alpha value is -3.19. The third-order valence-corrected chi connectivity index (χ3v) is 5.89. The zero-order valence-corrected chi connectivity index (χ0v) is 17.4. The van der Waals surface area contributed by atoms with Crippen LogP contribution in [0, 0.1) is 13.8 Å². The molecule has 0 bridgehead atoms. The zero-order chi connectivity index (χ0) is 20.8. The third-order valence-electron chi connectivity index (χ3n) is 5.89. The summed E-state index contributed by atoms with van der Waals surface area (Å²) in [5.74, 6) is 0.586. The quantitative estimate of drug-likeness (QED) is 0.560. The second-order valence-electron chi connectivity index (χ2n) is 7.87. The van der Waals surface area contributed by atoms with Gasteiger partial charge < -0.3 is 14.5 Å². The largest absolute Gasteiger partial charge is 0.481 e. The molecule has 1 aromatic carbocycles. The van der Waals surface area contributed by atoms with Crippen molar-refractivity contribution in [2.45, 2.75) is 32.7 Å². The Bertz CT molecular complexity index is 1320. The van der Waals surface area contributed by atoms with Gasteiger partial charge in [-0.25, -0.2) is 4.98 Å². The number of hydrogen-bond acceptors (Lipinski definition) is 5. The number of benzene rings is 1. The Balaban J connectivity index is 1.73. The summed E-state index contributed by atoms with van der Waals surface area (Å²) in [5.41, 5.74) is 5.41. The van der Waals surface area contributed by atoms with Gasteiger partial charge in [0.25, 0.3) is 5.56 Å². The number of fused-ring (bicyclic) bond motifs is 3. The van der Waals surface area contributed by atoms with Gasteiger partial charge in [-0.1, -0.05) is 12.1 Å². The van der Waals surface area contributed by atoms with Gasteiger partial charge >= 0.3 is 0 Å².